The summed E-state index contributed by atoms with van der Waals surface area (Å²) in [6, 6.07) is 0.758. The number of hydrogen-bond donors (Lipinski definition) is 2. The molecule has 0 radical (unpaired) electrons. The summed E-state index contributed by atoms with van der Waals surface area (Å²) in [7, 11) is 4.36. The lowest BCUT2D eigenvalue weighted by molar-refractivity contribution is 0.147. The molecule has 0 aromatic carbocycles. The second-order valence-electron chi connectivity index (χ2n) is 6.49. The van der Waals surface area contributed by atoms with E-state index in [0.29, 0.717) is 5.96 Å². The van der Waals surface area contributed by atoms with Crippen molar-refractivity contribution in [1.29, 1.82) is 0 Å². The molecule has 0 amide bonds. The maximum Gasteiger partial charge on any atom is 0.188 e. The molecular weight excluding hydrogens is 250 g/mol. The fraction of sp³-hybridized carbons (Fsp3) is 0.933. The first-order chi connectivity index (χ1) is 9.65. The Morgan fingerprint density at radius 2 is 1.95 bits per heavy atom. The molecule has 1 aliphatic heterocycles. The molecular formula is C15H31N5. The van der Waals surface area contributed by atoms with Crippen molar-refractivity contribution in [3.8, 4) is 0 Å². The van der Waals surface area contributed by atoms with Crippen LogP contribution in [-0.4, -0.2) is 68.6 Å². The van der Waals surface area contributed by atoms with Gasteiger partial charge in [0.25, 0.3) is 0 Å². The van der Waals surface area contributed by atoms with Crippen molar-refractivity contribution in [2.45, 2.75) is 38.1 Å². The van der Waals surface area contributed by atoms with Crippen LogP contribution in [0, 0.1) is 5.92 Å². The van der Waals surface area contributed by atoms with Crippen LogP contribution in [0.4, 0.5) is 0 Å². The molecule has 2 fully saturated rings. The molecule has 1 aliphatic carbocycles. The number of hydrogen-bond acceptors (Lipinski definition) is 3. The Balaban J connectivity index is 1.54. The topological polar surface area (TPSA) is 56.9 Å². The van der Waals surface area contributed by atoms with Gasteiger partial charge in [-0.3, -0.25) is 4.99 Å². The number of piperidine rings is 1. The van der Waals surface area contributed by atoms with E-state index in [1.807, 2.05) is 0 Å². The molecule has 1 heterocycles. The molecule has 1 saturated carbocycles. The zero-order chi connectivity index (χ0) is 14.4. The zero-order valence-corrected chi connectivity index (χ0v) is 13.1. The molecule has 2 rings (SSSR count). The molecule has 20 heavy (non-hydrogen) atoms. The van der Waals surface area contributed by atoms with Crippen LogP contribution >= 0.6 is 0 Å². The maximum atomic E-state index is 5.89. The van der Waals surface area contributed by atoms with Gasteiger partial charge in [0.2, 0.25) is 0 Å². The van der Waals surface area contributed by atoms with Crippen molar-refractivity contribution in [1.82, 2.24) is 15.1 Å². The summed E-state index contributed by atoms with van der Waals surface area (Å²) >= 11 is 0. The van der Waals surface area contributed by atoms with Gasteiger partial charge in [-0.15, -0.1) is 0 Å². The highest BCUT2D eigenvalue weighted by atomic mass is 15.2. The Morgan fingerprint density at radius 1 is 1.25 bits per heavy atom. The first kappa shape index (κ1) is 15.6. The summed E-state index contributed by atoms with van der Waals surface area (Å²) in [5.74, 6) is 1.42. The highest BCUT2D eigenvalue weighted by Crippen LogP contribution is 2.26. The fourth-order valence-corrected chi connectivity index (χ4v) is 2.96. The van der Waals surface area contributed by atoms with E-state index in [2.05, 4.69) is 34.2 Å². The van der Waals surface area contributed by atoms with E-state index in [1.54, 1.807) is 0 Å². The minimum Gasteiger partial charge on any atom is -0.370 e. The fourth-order valence-electron chi connectivity index (χ4n) is 2.96. The molecule has 0 spiro atoms. The normalized spacial score (nSPS) is 23.1. The number of nitrogens with zero attached hydrogens (tertiary/aromatic N) is 3. The van der Waals surface area contributed by atoms with Gasteiger partial charge < -0.3 is 20.9 Å². The summed E-state index contributed by atoms with van der Waals surface area (Å²) in [6.07, 6.45) is 6.59. The van der Waals surface area contributed by atoms with Gasteiger partial charge in [0.05, 0.1) is 0 Å². The van der Waals surface area contributed by atoms with Crippen LogP contribution in [0.15, 0.2) is 4.99 Å². The summed E-state index contributed by atoms with van der Waals surface area (Å²) in [6.45, 7) is 5.28. The van der Waals surface area contributed by atoms with Crippen LogP contribution in [0.3, 0.4) is 0 Å². The van der Waals surface area contributed by atoms with Gasteiger partial charge >= 0.3 is 0 Å². The third kappa shape index (κ3) is 4.94. The third-order valence-electron chi connectivity index (χ3n) is 4.77. The zero-order valence-electron chi connectivity index (χ0n) is 13.1. The summed E-state index contributed by atoms with van der Waals surface area (Å²) < 4.78 is 0. The van der Waals surface area contributed by atoms with Crippen LogP contribution in [0.1, 0.15) is 32.1 Å². The molecule has 0 atom stereocenters. The van der Waals surface area contributed by atoms with Gasteiger partial charge in [-0.2, -0.15) is 0 Å². The molecule has 5 heteroatoms. The van der Waals surface area contributed by atoms with Crippen molar-refractivity contribution in [2.75, 3.05) is 46.8 Å². The minimum absolute atomic E-state index is 0.625. The molecule has 5 nitrogen and oxygen atoms in total. The number of nitrogens with two attached hydrogens (primary N) is 1. The molecule has 1 saturated heterocycles. The van der Waals surface area contributed by atoms with Crippen molar-refractivity contribution in [3.63, 3.8) is 0 Å². The lowest BCUT2D eigenvalue weighted by Gasteiger charge is -2.35. The standard InChI is InChI=1S/C15H31N5/c1-19(2)14-6-9-20(10-7-14)11-8-17-15(16)18-12-13-4-3-5-13/h13-14H,3-12H2,1-2H3,(H3,16,17,18). The average molecular weight is 281 g/mol. The lowest BCUT2D eigenvalue weighted by atomic mass is 9.86. The van der Waals surface area contributed by atoms with Crippen molar-refractivity contribution in [2.24, 2.45) is 16.6 Å². The van der Waals surface area contributed by atoms with Crippen molar-refractivity contribution >= 4 is 5.96 Å². The minimum atomic E-state index is 0.625. The van der Waals surface area contributed by atoms with E-state index in [9.17, 15) is 0 Å². The highest BCUT2D eigenvalue weighted by molar-refractivity contribution is 5.77. The Morgan fingerprint density at radius 3 is 2.50 bits per heavy atom. The smallest absolute Gasteiger partial charge is 0.188 e. The number of nitrogens with one attached hydrogen (secondary N) is 1. The lowest BCUT2D eigenvalue weighted by Crippen LogP contribution is -2.45. The van der Waals surface area contributed by atoms with E-state index >= 15 is 0 Å². The molecule has 0 aromatic heterocycles. The average Bonchev–Trinajstić information content (AvgIpc) is 2.37. The second kappa shape index (κ2) is 7.84. The van der Waals surface area contributed by atoms with Gasteiger partial charge in [0.1, 0.15) is 0 Å². The summed E-state index contributed by atoms with van der Waals surface area (Å²) in [5.41, 5.74) is 5.89. The van der Waals surface area contributed by atoms with Crippen LogP contribution in [0.5, 0.6) is 0 Å². The monoisotopic (exact) mass is 281 g/mol. The van der Waals surface area contributed by atoms with Crippen molar-refractivity contribution < 1.29 is 0 Å². The number of rotatable bonds is 6. The van der Waals surface area contributed by atoms with Gasteiger partial charge in [-0.05, 0) is 58.8 Å². The first-order valence-electron chi connectivity index (χ1n) is 8.07. The SMILES string of the molecule is CN(C)C1CCN(CCNC(N)=NCC2CCC2)CC1. The predicted molar refractivity (Wildman–Crippen MR) is 85.0 cm³/mol. The predicted octanol–water partition coefficient (Wildman–Crippen LogP) is 0.717. The second-order valence-corrected chi connectivity index (χ2v) is 6.49. The van der Waals surface area contributed by atoms with Gasteiger partial charge in [0.15, 0.2) is 5.96 Å². The van der Waals surface area contributed by atoms with E-state index < -0.39 is 0 Å². The third-order valence-corrected chi connectivity index (χ3v) is 4.77. The molecule has 3 N–H and O–H groups in total. The quantitative estimate of drug-likeness (QED) is 0.556. The van der Waals surface area contributed by atoms with Crippen LogP contribution in [0.25, 0.3) is 0 Å². The van der Waals surface area contributed by atoms with E-state index in [4.69, 9.17) is 5.73 Å². The Labute approximate surface area is 123 Å². The van der Waals surface area contributed by atoms with Gasteiger partial charge in [-0.1, -0.05) is 6.42 Å². The Hall–Kier alpha value is -0.810. The maximum absolute atomic E-state index is 5.89. The van der Waals surface area contributed by atoms with Gasteiger partial charge in [0, 0.05) is 25.7 Å². The van der Waals surface area contributed by atoms with Crippen molar-refractivity contribution in [3.05, 3.63) is 0 Å². The summed E-state index contributed by atoms with van der Waals surface area (Å²) in [4.78, 5) is 9.29. The first-order valence-corrected chi connectivity index (χ1v) is 8.07. The number of guanidine groups is 1. The van der Waals surface area contributed by atoms with Crippen LogP contribution in [0.2, 0.25) is 0 Å². The molecule has 0 bridgehead atoms. The van der Waals surface area contributed by atoms with Crippen LogP contribution < -0.4 is 11.1 Å². The Bertz CT molecular complexity index is 303. The van der Waals surface area contributed by atoms with Crippen LogP contribution in [-0.2, 0) is 0 Å². The highest BCUT2D eigenvalue weighted by Gasteiger charge is 2.20. The molecule has 116 valence electrons. The van der Waals surface area contributed by atoms with E-state index in [0.717, 1.165) is 31.6 Å². The van der Waals surface area contributed by atoms with E-state index in [1.165, 1.54) is 45.2 Å². The van der Waals surface area contributed by atoms with E-state index in [-0.39, 0.29) is 0 Å². The molecule has 0 unspecified atom stereocenters. The molecule has 2 aliphatic rings. The summed E-state index contributed by atoms with van der Waals surface area (Å²) in [5, 5.41) is 3.24. The van der Waals surface area contributed by atoms with Gasteiger partial charge in [-0.25, -0.2) is 0 Å². The number of aliphatic imine (C=N–C) groups is 1. The molecule has 0 aromatic rings. The number of likely N-dealkylation sites (tertiary alicyclic amines) is 1. The largest absolute Gasteiger partial charge is 0.370 e. The Kier molecular flexibility index (Phi) is 6.10.